The summed E-state index contributed by atoms with van der Waals surface area (Å²) in [6.45, 7) is 6.29. The normalized spacial score (nSPS) is 21.1. The number of hydrogen-bond donors (Lipinski definition) is 1. The Labute approximate surface area is 112 Å². The van der Waals surface area contributed by atoms with E-state index in [1.165, 1.54) is 25.5 Å². The standard InChI is InChI=1S/C12H27N3O2S/c1-4-12(13-2)6-5-7-14-8-10-15(11-9-14)18(3,16)17/h12-13H,4-11H2,1-3H3. The Morgan fingerprint density at radius 1 is 1.22 bits per heavy atom. The van der Waals surface area contributed by atoms with Crippen LogP contribution in [0.2, 0.25) is 0 Å². The van der Waals surface area contributed by atoms with Gasteiger partial charge in [0, 0.05) is 32.2 Å². The van der Waals surface area contributed by atoms with E-state index in [4.69, 9.17) is 0 Å². The summed E-state index contributed by atoms with van der Waals surface area (Å²) in [5, 5.41) is 3.31. The summed E-state index contributed by atoms with van der Waals surface area (Å²) < 4.78 is 24.3. The second-order valence-electron chi connectivity index (χ2n) is 5.04. The Kier molecular flexibility index (Phi) is 6.55. The molecule has 1 aliphatic heterocycles. The fourth-order valence-corrected chi connectivity index (χ4v) is 3.23. The van der Waals surface area contributed by atoms with Crippen molar-refractivity contribution < 1.29 is 8.42 Å². The molecule has 6 heteroatoms. The van der Waals surface area contributed by atoms with Crippen molar-refractivity contribution in [3.8, 4) is 0 Å². The lowest BCUT2D eigenvalue weighted by Crippen LogP contribution is -2.48. The molecular formula is C12H27N3O2S. The van der Waals surface area contributed by atoms with Gasteiger partial charge in [-0.2, -0.15) is 4.31 Å². The van der Waals surface area contributed by atoms with Crippen LogP contribution in [0.25, 0.3) is 0 Å². The van der Waals surface area contributed by atoms with Crippen LogP contribution in [0.3, 0.4) is 0 Å². The van der Waals surface area contributed by atoms with Gasteiger partial charge in [-0.15, -0.1) is 0 Å². The highest BCUT2D eigenvalue weighted by atomic mass is 32.2. The van der Waals surface area contributed by atoms with Crippen LogP contribution < -0.4 is 5.32 Å². The first-order chi connectivity index (χ1) is 8.47. The monoisotopic (exact) mass is 277 g/mol. The van der Waals surface area contributed by atoms with Gasteiger partial charge in [0.15, 0.2) is 0 Å². The smallest absolute Gasteiger partial charge is 0.211 e. The number of rotatable bonds is 7. The molecule has 1 heterocycles. The summed E-state index contributed by atoms with van der Waals surface area (Å²) in [6.07, 6.45) is 4.83. The average Bonchev–Trinajstić information content (AvgIpc) is 2.34. The van der Waals surface area contributed by atoms with Crippen LogP contribution >= 0.6 is 0 Å². The minimum absolute atomic E-state index is 0.613. The highest BCUT2D eigenvalue weighted by Crippen LogP contribution is 2.08. The van der Waals surface area contributed by atoms with Crippen LogP contribution in [-0.2, 0) is 10.0 Å². The third-order valence-corrected chi connectivity index (χ3v) is 5.03. The van der Waals surface area contributed by atoms with E-state index in [2.05, 4.69) is 17.1 Å². The number of hydrogen-bond acceptors (Lipinski definition) is 4. The van der Waals surface area contributed by atoms with Gasteiger partial charge >= 0.3 is 0 Å². The maximum atomic E-state index is 11.4. The number of nitrogens with one attached hydrogen (secondary N) is 1. The zero-order chi connectivity index (χ0) is 13.6. The number of sulfonamides is 1. The molecule has 0 amide bonds. The molecule has 1 rings (SSSR count). The van der Waals surface area contributed by atoms with Gasteiger partial charge < -0.3 is 10.2 Å². The van der Waals surface area contributed by atoms with Crippen molar-refractivity contribution >= 4 is 10.0 Å². The van der Waals surface area contributed by atoms with Crippen molar-refractivity contribution in [3.63, 3.8) is 0 Å². The van der Waals surface area contributed by atoms with Crippen LogP contribution in [0.5, 0.6) is 0 Å². The first kappa shape index (κ1) is 15.9. The second kappa shape index (κ2) is 7.43. The van der Waals surface area contributed by atoms with Gasteiger partial charge in [-0.25, -0.2) is 8.42 Å². The van der Waals surface area contributed by atoms with Gasteiger partial charge in [0.1, 0.15) is 0 Å². The lowest BCUT2D eigenvalue weighted by Gasteiger charge is -2.33. The summed E-state index contributed by atoms with van der Waals surface area (Å²) in [7, 11) is -0.982. The van der Waals surface area contributed by atoms with Crippen molar-refractivity contribution in [2.75, 3.05) is 46.0 Å². The van der Waals surface area contributed by atoms with E-state index in [1.54, 1.807) is 4.31 Å². The van der Waals surface area contributed by atoms with Gasteiger partial charge in [-0.1, -0.05) is 6.92 Å². The third kappa shape index (κ3) is 5.22. The molecule has 0 aromatic carbocycles. The van der Waals surface area contributed by atoms with Crippen molar-refractivity contribution in [2.24, 2.45) is 0 Å². The van der Waals surface area contributed by atoms with E-state index in [1.807, 2.05) is 7.05 Å². The summed E-state index contributed by atoms with van der Waals surface area (Å²) in [4.78, 5) is 2.37. The molecule has 0 radical (unpaired) electrons. The predicted molar refractivity (Wildman–Crippen MR) is 75.2 cm³/mol. The lowest BCUT2D eigenvalue weighted by atomic mass is 10.1. The second-order valence-corrected chi connectivity index (χ2v) is 7.02. The molecule has 1 unspecified atom stereocenters. The molecule has 108 valence electrons. The summed E-state index contributed by atoms with van der Waals surface area (Å²) >= 11 is 0. The Morgan fingerprint density at radius 3 is 2.28 bits per heavy atom. The lowest BCUT2D eigenvalue weighted by molar-refractivity contribution is 0.184. The minimum Gasteiger partial charge on any atom is -0.317 e. The van der Waals surface area contributed by atoms with E-state index in [9.17, 15) is 8.42 Å². The minimum atomic E-state index is -2.99. The predicted octanol–water partition coefficient (Wildman–Crippen LogP) is 0.342. The van der Waals surface area contributed by atoms with Crippen LogP contribution in [0.15, 0.2) is 0 Å². The first-order valence-electron chi connectivity index (χ1n) is 6.82. The van der Waals surface area contributed by atoms with Crippen LogP contribution in [-0.4, -0.2) is 69.7 Å². The Hall–Kier alpha value is -0.170. The molecule has 0 aromatic rings. The summed E-state index contributed by atoms with van der Waals surface area (Å²) in [5.41, 5.74) is 0. The van der Waals surface area contributed by atoms with Crippen LogP contribution in [0.4, 0.5) is 0 Å². The van der Waals surface area contributed by atoms with Crippen molar-refractivity contribution in [1.29, 1.82) is 0 Å². The number of nitrogens with zero attached hydrogens (tertiary/aromatic N) is 2. The number of piperazine rings is 1. The van der Waals surface area contributed by atoms with E-state index < -0.39 is 10.0 Å². The first-order valence-corrected chi connectivity index (χ1v) is 8.67. The molecule has 1 saturated heterocycles. The third-order valence-electron chi connectivity index (χ3n) is 3.73. The zero-order valence-corrected chi connectivity index (χ0v) is 12.7. The van der Waals surface area contributed by atoms with Gasteiger partial charge in [0.25, 0.3) is 0 Å². The molecular weight excluding hydrogens is 250 g/mol. The topological polar surface area (TPSA) is 52.7 Å². The highest BCUT2D eigenvalue weighted by Gasteiger charge is 2.22. The van der Waals surface area contributed by atoms with E-state index >= 15 is 0 Å². The summed E-state index contributed by atoms with van der Waals surface area (Å²) in [5.74, 6) is 0. The van der Waals surface area contributed by atoms with Crippen molar-refractivity contribution in [3.05, 3.63) is 0 Å². The largest absolute Gasteiger partial charge is 0.317 e. The maximum Gasteiger partial charge on any atom is 0.211 e. The SMILES string of the molecule is CCC(CCCN1CCN(S(C)(=O)=O)CC1)NC. The van der Waals surface area contributed by atoms with Crippen LogP contribution in [0.1, 0.15) is 26.2 Å². The van der Waals surface area contributed by atoms with E-state index in [0.717, 1.165) is 19.6 Å². The fourth-order valence-electron chi connectivity index (χ4n) is 2.40. The molecule has 0 aromatic heterocycles. The van der Waals surface area contributed by atoms with Gasteiger partial charge in [-0.05, 0) is 32.9 Å². The van der Waals surface area contributed by atoms with Crippen molar-refractivity contribution in [2.45, 2.75) is 32.2 Å². The molecule has 1 aliphatic rings. The Balaban J connectivity index is 2.20. The molecule has 18 heavy (non-hydrogen) atoms. The average molecular weight is 277 g/mol. The molecule has 0 spiro atoms. The molecule has 1 atom stereocenters. The van der Waals surface area contributed by atoms with Gasteiger partial charge in [-0.3, -0.25) is 0 Å². The highest BCUT2D eigenvalue weighted by molar-refractivity contribution is 7.88. The molecule has 0 bridgehead atoms. The molecule has 1 N–H and O–H groups in total. The fraction of sp³-hybridized carbons (Fsp3) is 1.00. The molecule has 0 aliphatic carbocycles. The maximum absolute atomic E-state index is 11.4. The molecule has 5 nitrogen and oxygen atoms in total. The van der Waals surface area contributed by atoms with Crippen molar-refractivity contribution in [1.82, 2.24) is 14.5 Å². The Bertz CT molecular complexity index is 320. The van der Waals surface area contributed by atoms with Gasteiger partial charge in [0.05, 0.1) is 6.26 Å². The van der Waals surface area contributed by atoms with E-state index in [-0.39, 0.29) is 0 Å². The quantitative estimate of drug-likeness (QED) is 0.729. The molecule has 1 fully saturated rings. The zero-order valence-electron chi connectivity index (χ0n) is 11.9. The van der Waals surface area contributed by atoms with Gasteiger partial charge in [0.2, 0.25) is 10.0 Å². The molecule has 0 saturated carbocycles. The van der Waals surface area contributed by atoms with E-state index in [0.29, 0.717) is 19.1 Å². The Morgan fingerprint density at radius 2 is 1.83 bits per heavy atom. The van der Waals surface area contributed by atoms with Crippen LogP contribution in [0, 0.1) is 0 Å². The summed E-state index contributed by atoms with van der Waals surface area (Å²) in [6, 6.07) is 0.613.